The number of esters is 1. The lowest BCUT2D eigenvalue weighted by Crippen LogP contribution is -2.14. The molecule has 0 heterocycles. The van der Waals surface area contributed by atoms with Crippen LogP contribution in [0.5, 0.6) is 0 Å². The van der Waals surface area contributed by atoms with E-state index >= 15 is 0 Å². The topological polar surface area (TPSA) is 67.4 Å². The van der Waals surface area contributed by atoms with Gasteiger partial charge in [0, 0.05) is 17.1 Å². The molecule has 6 heteroatoms. The zero-order valence-corrected chi connectivity index (χ0v) is 15.2. The van der Waals surface area contributed by atoms with Gasteiger partial charge in [-0.05, 0) is 66.2 Å². The second-order valence-corrected chi connectivity index (χ2v) is 6.12. The molecule has 0 spiro atoms. The van der Waals surface area contributed by atoms with Crippen LogP contribution in [0.1, 0.15) is 15.9 Å². The third-order valence-corrected chi connectivity index (χ3v) is 4.04. The molecule has 0 bridgehead atoms. The lowest BCUT2D eigenvalue weighted by Gasteiger charge is -2.09. The number of nitrogens with one attached hydrogen (secondary N) is 2. The Morgan fingerprint density at radius 3 is 1.93 bits per heavy atom. The largest absolute Gasteiger partial charge is 0.465 e. The van der Waals surface area contributed by atoms with Crippen molar-refractivity contribution >= 4 is 28.9 Å². The number of rotatable bonds is 6. The molecule has 142 valence electrons. The van der Waals surface area contributed by atoms with E-state index in [1.165, 1.54) is 19.2 Å². The standard InChI is InChI=1S/C22H19FN2O3/c1-28-22(27)16-4-8-18(9-5-16)24-19-10-12-20(13-11-19)25-21(26)14-15-2-6-17(23)7-3-15/h2-13,24H,14H2,1H3,(H,25,26). The van der Waals surface area contributed by atoms with Crippen LogP contribution >= 0.6 is 0 Å². The van der Waals surface area contributed by atoms with Crippen LogP contribution in [0, 0.1) is 5.82 Å². The van der Waals surface area contributed by atoms with Crippen molar-refractivity contribution in [1.29, 1.82) is 0 Å². The molecule has 0 saturated carbocycles. The summed E-state index contributed by atoms with van der Waals surface area (Å²) in [6, 6.07) is 20.0. The summed E-state index contributed by atoms with van der Waals surface area (Å²) in [6.45, 7) is 0. The Labute approximate surface area is 162 Å². The van der Waals surface area contributed by atoms with Crippen molar-refractivity contribution in [2.75, 3.05) is 17.7 Å². The average Bonchev–Trinajstić information content (AvgIpc) is 2.71. The van der Waals surface area contributed by atoms with Gasteiger partial charge in [0.05, 0.1) is 19.1 Å². The van der Waals surface area contributed by atoms with Crippen LogP contribution < -0.4 is 10.6 Å². The smallest absolute Gasteiger partial charge is 0.337 e. The fourth-order valence-electron chi connectivity index (χ4n) is 2.60. The van der Waals surface area contributed by atoms with E-state index in [9.17, 15) is 14.0 Å². The summed E-state index contributed by atoms with van der Waals surface area (Å²) in [5.41, 5.74) is 3.54. The summed E-state index contributed by atoms with van der Waals surface area (Å²) in [4.78, 5) is 23.5. The normalized spacial score (nSPS) is 10.2. The van der Waals surface area contributed by atoms with E-state index in [-0.39, 0.29) is 24.1 Å². The SMILES string of the molecule is COC(=O)c1ccc(Nc2ccc(NC(=O)Cc3ccc(F)cc3)cc2)cc1. The predicted octanol–water partition coefficient (Wildman–Crippen LogP) is 4.54. The summed E-state index contributed by atoms with van der Waals surface area (Å²) in [6.07, 6.45) is 0.173. The molecule has 0 saturated heterocycles. The number of carbonyl (C=O) groups is 2. The number of hydrogen-bond donors (Lipinski definition) is 2. The molecule has 0 unspecified atom stereocenters. The minimum Gasteiger partial charge on any atom is -0.465 e. The first-order valence-electron chi connectivity index (χ1n) is 8.63. The lowest BCUT2D eigenvalue weighted by molar-refractivity contribution is -0.115. The summed E-state index contributed by atoms with van der Waals surface area (Å²) < 4.78 is 17.6. The van der Waals surface area contributed by atoms with Gasteiger partial charge in [0.2, 0.25) is 5.91 Å². The number of hydrogen-bond acceptors (Lipinski definition) is 4. The molecule has 0 fully saturated rings. The molecule has 0 atom stereocenters. The maximum Gasteiger partial charge on any atom is 0.337 e. The molecular formula is C22H19FN2O3. The molecule has 0 aliphatic carbocycles. The second-order valence-electron chi connectivity index (χ2n) is 6.12. The molecule has 5 nitrogen and oxygen atoms in total. The van der Waals surface area contributed by atoms with Crippen molar-refractivity contribution in [2.24, 2.45) is 0 Å². The second kappa shape index (κ2) is 8.81. The first-order chi connectivity index (χ1) is 13.5. The first-order valence-corrected chi connectivity index (χ1v) is 8.63. The maximum absolute atomic E-state index is 12.9. The van der Waals surface area contributed by atoms with Crippen LogP contribution in [0.3, 0.4) is 0 Å². The van der Waals surface area contributed by atoms with E-state index in [2.05, 4.69) is 15.4 Å². The van der Waals surface area contributed by atoms with E-state index in [0.29, 0.717) is 11.3 Å². The Hall–Kier alpha value is -3.67. The Morgan fingerprint density at radius 2 is 1.36 bits per heavy atom. The highest BCUT2D eigenvalue weighted by atomic mass is 19.1. The highest BCUT2D eigenvalue weighted by Crippen LogP contribution is 2.20. The highest BCUT2D eigenvalue weighted by molar-refractivity contribution is 5.92. The summed E-state index contributed by atoms with van der Waals surface area (Å²) in [5, 5.41) is 6.02. The number of halogens is 1. The molecule has 1 amide bonds. The molecule has 3 aromatic rings. The van der Waals surface area contributed by atoms with E-state index in [1.807, 2.05) is 12.1 Å². The average molecular weight is 378 g/mol. The highest BCUT2D eigenvalue weighted by Gasteiger charge is 2.06. The fraction of sp³-hybridized carbons (Fsp3) is 0.0909. The van der Waals surface area contributed by atoms with Gasteiger partial charge in [-0.25, -0.2) is 9.18 Å². The van der Waals surface area contributed by atoms with Gasteiger partial charge in [0.15, 0.2) is 0 Å². The summed E-state index contributed by atoms with van der Waals surface area (Å²) >= 11 is 0. The van der Waals surface area contributed by atoms with Gasteiger partial charge in [0.1, 0.15) is 5.82 Å². The van der Waals surface area contributed by atoms with Crippen molar-refractivity contribution < 1.29 is 18.7 Å². The Morgan fingerprint density at radius 1 is 0.821 bits per heavy atom. The van der Waals surface area contributed by atoms with Gasteiger partial charge >= 0.3 is 5.97 Å². The van der Waals surface area contributed by atoms with Crippen molar-refractivity contribution in [1.82, 2.24) is 0 Å². The number of amides is 1. The third kappa shape index (κ3) is 5.17. The molecule has 2 N–H and O–H groups in total. The minimum atomic E-state index is -0.382. The van der Waals surface area contributed by atoms with Gasteiger partial charge in [-0.15, -0.1) is 0 Å². The predicted molar refractivity (Wildman–Crippen MR) is 106 cm³/mol. The van der Waals surface area contributed by atoms with Crippen molar-refractivity contribution in [3.05, 3.63) is 89.7 Å². The van der Waals surface area contributed by atoms with Gasteiger partial charge in [0.25, 0.3) is 0 Å². The molecule has 0 aromatic heterocycles. The monoisotopic (exact) mass is 378 g/mol. The number of methoxy groups -OCH3 is 1. The van der Waals surface area contributed by atoms with Crippen LogP contribution in [0.15, 0.2) is 72.8 Å². The molecular weight excluding hydrogens is 359 g/mol. The van der Waals surface area contributed by atoms with Crippen LogP contribution in [0.25, 0.3) is 0 Å². The number of ether oxygens (including phenoxy) is 1. The summed E-state index contributed by atoms with van der Waals surface area (Å²) in [7, 11) is 1.34. The maximum atomic E-state index is 12.9. The summed E-state index contributed by atoms with van der Waals surface area (Å²) in [5.74, 6) is -0.884. The molecule has 3 aromatic carbocycles. The van der Waals surface area contributed by atoms with Crippen molar-refractivity contribution in [3.63, 3.8) is 0 Å². The first kappa shape index (κ1) is 19.1. The Kier molecular flexibility index (Phi) is 6.01. The van der Waals surface area contributed by atoms with Crippen LogP contribution in [-0.4, -0.2) is 19.0 Å². The fourth-order valence-corrected chi connectivity index (χ4v) is 2.60. The van der Waals surface area contributed by atoms with Crippen LogP contribution in [-0.2, 0) is 16.0 Å². The van der Waals surface area contributed by atoms with Crippen molar-refractivity contribution in [2.45, 2.75) is 6.42 Å². The van der Waals surface area contributed by atoms with Crippen LogP contribution in [0.2, 0.25) is 0 Å². The number of benzene rings is 3. The molecule has 0 aliphatic heterocycles. The van der Waals surface area contributed by atoms with Crippen LogP contribution in [0.4, 0.5) is 21.5 Å². The zero-order valence-electron chi connectivity index (χ0n) is 15.2. The zero-order chi connectivity index (χ0) is 19.9. The van der Waals surface area contributed by atoms with E-state index < -0.39 is 0 Å². The Balaban J connectivity index is 1.56. The molecule has 0 aliphatic rings. The quantitative estimate of drug-likeness (QED) is 0.618. The van der Waals surface area contributed by atoms with Crippen molar-refractivity contribution in [3.8, 4) is 0 Å². The molecule has 28 heavy (non-hydrogen) atoms. The van der Waals surface area contributed by atoms with E-state index in [1.54, 1.807) is 48.5 Å². The van der Waals surface area contributed by atoms with Gasteiger partial charge in [-0.3, -0.25) is 4.79 Å². The van der Waals surface area contributed by atoms with E-state index in [0.717, 1.165) is 16.9 Å². The third-order valence-electron chi connectivity index (χ3n) is 4.04. The lowest BCUT2D eigenvalue weighted by atomic mass is 10.1. The van der Waals surface area contributed by atoms with Gasteiger partial charge in [-0.2, -0.15) is 0 Å². The minimum absolute atomic E-state index is 0.173. The number of carbonyl (C=O) groups excluding carboxylic acids is 2. The number of anilines is 3. The van der Waals surface area contributed by atoms with E-state index in [4.69, 9.17) is 0 Å². The Bertz CT molecular complexity index is 953. The van der Waals surface area contributed by atoms with Gasteiger partial charge < -0.3 is 15.4 Å². The molecule has 0 radical (unpaired) electrons. The molecule has 3 rings (SSSR count). The van der Waals surface area contributed by atoms with Gasteiger partial charge in [-0.1, -0.05) is 12.1 Å².